The number of pyridine rings is 1. The quantitative estimate of drug-likeness (QED) is 0.718. The minimum absolute atomic E-state index is 0.194. The molecule has 14 heavy (non-hydrogen) atoms. The second-order valence-electron chi connectivity index (χ2n) is 3.60. The largest absolute Gasteiger partial charge is 0.313 e. The van der Waals surface area contributed by atoms with Crippen LogP contribution in [0, 0.1) is 5.82 Å². The number of hydrogen-bond donors (Lipinski definition) is 1. The van der Waals surface area contributed by atoms with Gasteiger partial charge in [0.1, 0.15) is 5.82 Å². The molecule has 4 heteroatoms. The van der Waals surface area contributed by atoms with Gasteiger partial charge in [-0.2, -0.15) is 0 Å². The van der Waals surface area contributed by atoms with Crippen LogP contribution in [0.1, 0.15) is 11.7 Å². The number of halogens is 1. The van der Waals surface area contributed by atoms with E-state index in [4.69, 9.17) is 0 Å². The monoisotopic (exact) mass is 195 g/mol. The van der Waals surface area contributed by atoms with Gasteiger partial charge in [0.25, 0.3) is 0 Å². The number of nitrogens with one attached hydrogen (secondary N) is 1. The van der Waals surface area contributed by atoms with Gasteiger partial charge in [-0.25, -0.2) is 4.39 Å². The van der Waals surface area contributed by atoms with Crippen LogP contribution in [0.25, 0.3) is 0 Å². The summed E-state index contributed by atoms with van der Waals surface area (Å²) in [6.45, 7) is 2.80. The van der Waals surface area contributed by atoms with Crippen LogP contribution in [0.2, 0.25) is 0 Å². The van der Waals surface area contributed by atoms with Crippen molar-refractivity contribution in [2.45, 2.75) is 6.04 Å². The summed E-state index contributed by atoms with van der Waals surface area (Å²) in [6, 6.07) is 3.08. The summed E-state index contributed by atoms with van der Waals surface area (Å²) in [5.74, 6) is -0.214. The molecule has 1 atom stereocenters. The van der Waals surface area contributed by atoms with Crippen molar-refractivity contribution < 1.29 is 4.39 Å². The first-order valence-corrected chi connectivity index (χ1v) is 4.80. The second-order valence-corrected chi connectivity index (χ2v) is 3.60. The highest BCUT2D eigenvalue weighted by molar-refractivity contribution is 5.11. The molecule has 1 aromatic heterocycles. The maximum atomic E-state index is 13.0. The molecule has 1 aliphatic heterocycles. The SMILES string of the molecule is CN1CCNCC1c1cc(F)ccn1. The van der Waals surface area contributed by atoms with E-state index in [2.05, 4.69) is 15.2 Å². The lowest BCUT2D eigenvalue weighted by molar-refractivity contribution is 0.198. The fraction of sp³-hybridized carbons (Fsp3) is 0.500. The van der Waals surface area contributed by atoms with E-state index in [1.54, 1.807) is 0 Å². The van der Waals surface area contributed by atoms with Crippen LogP contribution >= 0.6 is 0 Å². The maximum absolute atomic E-state index is 13.0. The molecule has 1 saturated heterocycles. The van der Waals surface area contributed by atoms with Crippen molar-refractivity contribution in [1.82, 2.24) is 15.2 Å². The van der Waals surface area contributed by atoms with E-state index in [0.29, 0.717) is 0 Å². The van der Waals surface area contributed by atoms with Crippen molar-refractivity contribution in [1.29, 1.82) is 0 Å². The summed E-state index contributed by atoms with van der Waals surface area (Å²) in [5, 5.41) is 3.28. The molecule has 1 unspecified atom stereocenters. The first kappa shape index (κ1) is 9.55. The Kier molecular flexibility index (Phi) is 2.74. The van der Waals surface area contributed by atoms with Crippen molar-refractivity contribution in [2.24, 2.45) is 0 Å². The average Bonchev–Trinajstić information content (AvgIpc) is 2.18. The lowest BCUT2D eigenvalue weighted by Gasteiger charge is -2.32. The molecule has 0 aromatic carbocycles. The Morgan fingerprint density at radius 3 is 3.21 bits per heavy atom. The Morgan fingerprint density at radius 2 is 2.50 bits per heavy atom. The zero-order valence-electron chi connectivity index (χ0n) is 8.20. The Bertz CT molecular complexity index is 316. The summed E-state index contributed by atoms with van der Waals surface area (Å²) in [7, 11) is 2.04. The van der Waals surface area contributed by atoms with Crippen LogP contribution in [-0.4, -0.2) is 36.6 Å². The van der Waals surface area contributed by atoms with Gasteiger partial charge in [-0.1, -0.05) is 0 Å². The number of rotatable bonds is 1. The zero-order chi connectivity index (χ0) is 9.97. The van der Waals surface area contributed by atoms with Gasteiger partial charge in [0.15, 0.2) is 0 Å². The number of aromatic nitrogens is 1. The van der Waals surface area contributed by atoms with Crippen LogP contribution in [-0.2, 0) is 0 Å². The molecule has 76 valence electrons. The van der Waals surface area contributed by atoms with E-state index in [0.717, 1.165) is 25.3 Å². The van der Waals surface area contributed by atoms with Gasteiger partial charge < -0.3 is 5.32 Å². The van der Waals surface area contributed by atoms with Gasteiger partial charge in [0.2, 0.25) is 0 Å². The smallest absolute Gasteiger partial charge is 0.126 e. The second kappa shape index (κ2) is 4.02. The molecule has 1 aromatic rings. The molecule has 0 amide bonds. The molecule has 1 aliphatic rings. The van der Waals surface area contributed by atoms with Crippen LogP contribution in [0.15, 0.2) is 18.3 Å². The highest BCUT2D eigenvalue weighted by Gasteiger charge is 2.21. The molecule has 1 N–H and O–H groups in total. The summed E-state index contributed by atoms with van der Waals surface area (Å²) in [5.41, 5.74) is 0.805. The van der Waals surface area contributed by atoms with Crippen molar-refractivity contribution in [3.8, 4) is 0 Å². The van der Waals surface area contributed by atoms with Crippen LogP contribution in [0.3, 0.4) is 0 Å². The Hall–Kier alpha value is -1.00. The minimum atomic E-state index is -0.214. The molecule has 0 bridgehead atoms. The highest BCUT2D eigenvalue weighted by Crippen LogP contribution is 2.18. The van der Waals surface area contributed by atoms with E-state index < -0.39 is 0 Å². The Labute approximate surface area is 82.9 Å². The molecular formula is C10H14FN3. The van der Waals surface area contributed by atoms with E-state index in [9.17, 15) is 4.39 Å². The molecule has 2 rings (SSSR count). The Morgan fingerprint density at radius 1 is 1.64 bits per heavy atom. The van der Waals surface area contributed by atoms with Crippen molar-refractivity contribution in [3.05, 3.63) is 29.8 Å². The van der Waals surface area contributed by atoms with Crippen molar-refractivity contribution in [3.63, 3.8) is 0 Å². The van der Waals surface area contributed by atoms with E-state index >= 15 is 0 Å². The summed E-state index contributed by atoms with van der Waals surface area (Å²) in [4.78, 5) is 6.38. The summed E-state index contributed by atoms with van der Waals surface area (Å²) in [6.07, 6.45) is 1.52. The van der Waals surface area contributed by atoms with E-state index in [-0.39, 0.29) is 11.9 Å². The lowest BCUT2D eigenvalue weighted by atomic mass is 10.1. The summed E-state index contributed by atoms with van der Waals surface area (Å²) >= 11 is 0. The molecule has 1 fully saturated rings. The predicted molar refractivity (Wildman–Crippen MR) is 52.4 cm³/mol. The first-order chi connectivity index (χ1) is 6.77. The van der Waals surface area contributed by atoms with Gasteiger partial charge in [-0.05, 0) is 19.2 Å². The highest BCUT2D eigenvalue weighted by atomic mass is 19.1. The number of likely N-dealkylation sites (N-methyl/N-ethyl adjacent to an activating group) is 1. The standard InChI is InChI=1S/C10H14FN3/c1-14-5-4-12-7-10(14)9-6-8(11)2-3-13-9/h2-3,6,10,12H,4-5,7H2,1H3. The summed E-state index contributed by atoms with van der Waals surface area (Å²) < 4.78 is 13.0. The fourth-order valence-corrected chi connectivity index (χ4v) is 1.74. The van der Waals surface area contributed by atoms with Gasteiger partial charge in [0.05, 0.1) is 11.7 Å². The topological polar surface area (TPSA) is 28.2 Å². The van der Waals surface area contributed by atoms with Gasteiger partial charge in [-0.3, -0.25) is 9.88 Å². The number of piperazine rings is 1. The molecule has 0 radical (unpaired) electrons. The zero-order valence-corrected chi connectivity index (χ0v) is 8.20. The van der Waals surface area contributed by atoms with Crippen LogP contribution in [0.5, 0.6) is 0 Å². The molecule has 0 aliphatic carbocycles. The molecule has 3 nitrogen and oxygen atoms in total. The van der Waals surface area contributed by atoms with Crippen LogP contribution in [0.4, 0.5) is 4.39 Å². The number of hydrogen-bond acceptors (Lipinski definition) is 3. The maximum Gasteiger partial charge on any atom is 0.126 e. The average molecular weight is 195 g/mol. The van der Waals surface area contributed by atoms with Gasteiger partial charge in [-0.15, -0.1) is 0 Å². The number of nitrogens with zero attached hydrogens (tertiary/aromatic N) is 2. The van der Waals surface area contributed by atoms with Crippen molar-refractivity contribution >= 4 is 0 Å². The normalized spacial score (nSPS) is 23.7. The minimum Gasteiger partial charge on any atom is -0.313 e. The molecule has 0 saturated carbocycles. The third-order valence-corrected chi connectivity index (χ3v) is 2.60. The van der Waals surface area contributed by atoms with Crippen LogP contribution < -0.4 is 5.32 Å². The predicted octanol–water partition coefficient (Wildman–Crippen LogP) is 0.797. The van der Waals surface area contributed by atoms with Gasteiger partial charge in [0, 0.05) is 25.8 Å². The fourth-order valence-electron chi connectivity index (χ4n) is 1.74. The third kappa shape index (κ3) is 1.91. The molecule has 0 spiro atoms. The van der Waals surface area contributed by atoms with Gasteiger partial charge >= 0.3 is 0 Å². The first-order valence-electron chi connectivity index (χ1n) is 4.80. The Balaban J connectivity index is 2.20. The van der Waals surface area contributed by atoms with Crippen molar-refractivity contribution in [2.75, 3.05) is 26.7 Å². The third-order valence-electron chi connectivity index (χ3n) is 2.60. The lowest BCUT2D eigenvalue weighted by Crippen LogP contribution is -2.44. The van der Waals surface area contributed by atoms with E-state index in [1.807, 2.05) is 7.05 Å². The molecular weight excluding hydrogens is 181 g/mol. The molecule has 2 heterocycles. The van der Waals surface area contributed by atoms with E-state index in [1.165, 1.54) is 18.3 Å².